The molecule has 26 heavy (non-hydrogen) atoms. The van der Waals surface area contributed by atoms with E-state index >= 15 is 0 Å². The van der Waals surface area contributed by atoms with Crippen molar-refractivity contribution in [3.8, 4) is 16.9 Å². The minimum absolute atomic E-state index is 0. The van der Waals surface area contributed by atoms with E-state index in [0.717, 1.165) is 22.9 Å². The maximum atomic E-state index is 13.1. The summed E-state index contributed by atoms with van der Waals surface area (Å²) in [5.74, 6) is -0.532. The van der Waals surface area contributed by atoms with Crippen LogP contribution < -0.4 is 29.6 Å². The van der Waals surface area contributed by atoms with Gasteiger partial charge in [0.2, 0.25) is 0 Å². The van der Waals surface area contributed by atoms with Crippen LogP contribution in [0.4, 0.5) is 17.6 Å². The molecule has 0 radical (unpaired) electrons. The van der Waals surface area contributed by atoms with Gasteiger partial charge < -0.3 is 4.55 Å². The minimum Gasteiger partial charge on any atom is -0.768 e. The van der Waals surface area contributed by atoms with Crippen molar-refractivity contribution in [1.82, 2.24) is 9.78 Å². The fourth-order valence-corrected chi connectivity index (χ4v) is 2.60. The molecule has 0 N–H and O–H groups in total. The molecule has 2 aromatic carbocycles. The van der Waals surface area contributed by atoms with Crippen molar-refractivity contribution in [1.29, 1.82) is 0 Å². The molecule has 0 aliphatic heterocycles. The van der Waals surface area contributed by atoms with Crippen LogP contribution in [0.5, 0.6) is 0 Å². The second kappa shape index (κ2) is 8.01. The van der Waals surface area contributed by atoms with Gasteiger partial charge in [0.25, 0.3) is 0 Å². The van der Waals surface area contributed by atoms with Crippen LogP contribution in [0, 0.1) is 5.82 Å². The molecule has 0 aliphatic carbocycles. The second-order valence-corrected chi connectivity index (χ2v) is 6.00. The van der Waals surface area contributed by atoms with Crippen LogP contribution in [0.2, 0.25) is 0 Å². The van der Waals surface area contributed by atoms with Crippen molar-refractivity contribution in [2.24, 2.45) is 0 Å². The molecular weight excluding hydrogens is 383 g/mol. The zero-order valence-electron chi connectivity index (χ0n) is 13.3. The van der Waals surface area contributed by atoms with E-state index in [1.807, 2.05) is 0 Å². The third-order valence-corrected chi connectivity index (χ3v) is 4.07. The van der Waals surface area contributed by atoms with Gasteiger partial charge in [0, 0.05) is 10.5 Å². The number of alkyl halides is 3. The summed E-state index contributed by atoms with van der Waals surface area (Å²) in [5.41, 5.74) is -0.435. The quantitative estimate of drug-likeness (QED) is 0.379. The van der Waals surface area contributed by atoms with Gasteiger partial charge in [0.05, 0.1) is 11.4 Å². The molecule has 0 fully saturated rings. The molecule has 0 amide bonds. The predicted molar refractivity (Wildman–Crippen MR) is 81.1 cm³/mol. The van der Waals surface area contributed by atoms with E-state index in [0.29, 0.717) is 5.56 Å². The first-order valence-electron chi connectivity index (χ1n) is 6.88. The summed E-state index contributed by atoms with van der Waals surface area (Å²) in [6, 6.07) is 11.0. The molecule has 1 heterocycles. The second-order valence-electron chi connectivity index (χ2n) is 5.06. The van der Waals surface area contributed by atoms with E-state index in [9.17, 15) is 26.3 Å². The summed E-state index contributed by atoms with van der Waals surface area (Å²) in [4.78, 5) is 0.00708. The first-order chi connectivity index (χ1) is 11.8. The van der Waals surface area contributed by atoms with E-state index in [2.05, 4.69) is 5.10 Å². The smallest absolute Gasteiger partial charge is 0.768 e. The van der Waals surface area contributed by atoms with Gasteiger partial charge in [-0.15, -0.1) is 0 Å². The number of benzene rings is 2. The van der Waals surface area contributed by atoms with E-state index in [1.165, 1.54) is 36.4 Å². The van der Waals surface area contributed by atoms with Crippen molar-refractivity contribution in [2.75, 3.05) is 0 Å². The van der Waals surface area contributed by atoms with Gasteiger partial charge >= 0.3 is 35.7 Å². The van der Waals surface area contributed by atoms with E-state index < -0.39 is 28.8 Å². The summed E-state index contributed by atoms with van der Waals surface area (Å²) >= 11 is -2.44. The van der Waals surface area contributed by atoms with Crippen LogP contribution in [0.25, 0.3) is 16.9 Å². The molecule has 1 unspecified atom stereocenters. The van der Waals surface area contributed by atoms with Gasteiger partial charge in [0.1, 0.15) is 5.82 Å². The number of halogens is 4. The van der Waals surface area contributed by atoms with Gasteiger partial charge in [-0.2, -0.15) is 18.3 Å². The van der Waals surface area contributed by atoms with E-state index in [4.69, 9.17) is 0 Å². The maximum Gasteiger partial charge on any atom is 1.00 e. The third-order valence-electron chi connectivity index (χ3n) is 3.41. The molecule has 0 saturated carbocycles. The van der Waals surface area contributed by atoms with Crippen LogP contribution in [-0.4, -0.2) is 18.5 Å². The van der Waals surface area contributed by atoms with Crippen LogP contribution in [0.3, 0.4) is 0 Å². The van der Waals surface area contributed by atoms with Gasteiger partial charge in [0.15, 0.2) is 5.69 Å². The normalized spacial score (nSPS) is 12.5. The largest absolute Gasteiger partial charge is 1.00 e. The Bertz CT molecular complexity index is 925. The number of aromatic nitrogens is 2. The molecule has 0 bridgehead atoms. The summed E-state index contributed by atoms with van der Waals surface area (Å²) in [6.45, 7) is 0. The van der Waals surface area contributed by atoms with Crippen LogP contribution >= 0.6 is 0 Å². The average molecular weight is 392 g/mol. The summed E-state index contributed by atoms with van der Waals surface area (Å²) < 4.78 is 75.0. The van der Waals surface area contributed by atoms with Gasteiger partial charge in [-0.3, -0.25) is 4.21 Å². The monoisotopic (exact) mass is 392 g/mol. The molecule has 0 aliphatic rings. The molecule has 3 aromatic rings. The third kappa shape index (κ3) is 4.41. The zero-order valence-corrected chi connectivity index (χ0v) is 16.1. The van der Waals surface area contributed by atoms with Crippen LogP contribution in [0.1, 0.15) is 5.69 Å². The fraction of sp³-hybridized carbons (Fsp3) is 0.0625. The van der Waals surface area contributed by atoms with Gasteiger partial charge in [-0.25, -0.2) is 9.07 Å². The Morgan fingerprint density at radius 3 is 2.08 bits per heavy atom. The fourth-order valence-electron chi connectivity index (χ4n) is 2.24. The zero-order chi connectivity index (χ0) is 18.2. The van der Waals surface area contributed by atoms with E-state index in [-0.39, 0.29) is 45.8 Å². The number of nitrogens with zero attached hydrogens (tertiary/aromatic N) is 2. The van der Waals surface area contributed by atoms with Crippen molar-refractivity contribution >= 4 is 11.1 Å². The Morgan fingerprint density at radius 2 is 1.58 bits per heavy atom. The number of hydrogen-bond donors (Lipinski definition) is 0. The minimum atomic E-state index is -4.66. The molecular formula is C16H9F4N2NaO2S. The van der Waals surface area contributed by atoms with Crippen molar-refractivity contribution < 1.29 is 55.9 Å². The Hall–Kier alpha value is -1.52. The molecule has 0 spiro atoms. The molecule has 1 atom stereocenters. The van der Waals surface area contributed by atoms with Crippen LogP contribution in [-0.2, 0) is 17.3 Å². The maximum absolute atomic E-state index is 13.1. The summed E-state index contributed by atoms with van der Waals surface area (Å²) in [7, 11) is 0. The molecule has 3 rings (SSSR count). The van der Waals surface area contributed by atoms with Gasteiger partial charge in [-0.1, -0.05) is 12.1 Å². The Morgan fingerprint density at radius 1 is 1.00 bits per heavy atom. The summed E-state index contributed by atoms with van der Waals surface area (Å²) in [6.07, 6.45) is -4.66. The Balaban J connectivity index is 0.00000243. The Labute approximate surface area is 170 Å². The Kier molecular flexibility index (Phi) is 6.41. The molecule has 10 heteroatoms. The molecule has 130 valence electrons. The summed E-state index contributed by atoms with van der Waals surface area (Å²) in [5, 5.41) is 3.56. The molecule has 1 aromatic heterocycles. The van der Waals surface area contributed by atoms with Crippen LogP contribution in [0.15, 0.2) is 59.5 Å². The predicted octanol–water partition coefficient (Wildman–Crippen LogP) is 0.939. The average Bonchev–Trinajstić information content (AvgIpc) is 3.01. The van der Waals surface area contributed by atoms with Gasteiger partial charge in [-0.05, 0) is 53.5 Å². The first-order valence-corrected chi connectivity index (χ1v) is 7.96. The first kappa shape index (κ1) is 20.8. The number of rotatable bonds is 3. The topological polar surface area (TPSA) is 57.9 Å². The van der Waals surface area contributed by atoms with Crippen molar-refractivity contribution in [3.63, 3.8) is 0 Å². The number of hydrogen-bond acceptors (Lipinski definition) is 3. The SMILES string of the molecule is O=S([O-])c1ccc(-c2cc(C(F)(F)F)nn2-c2ccc(F)cc2)cc1.[Na+]. The van der Waals surface area contributed by atoms with Crippen molar-refractivity contribution in [3.05, 3.63) is 66.1 Å². The van der Waals surface area contributed by atoms with Crippen molar-refractivity contribution in [2.45, 2.75) is 11.1 Å². The van der Waals surface area contributed by atoms with E-state index in [1.54, 1.807) is 0 Å². The molecule has 4 nitrogen and oxygen atoms in total. The molecule has 0 saturated heterocycles. The standard InChI is InChI=1S/C16H10F4N2O2S.Na/c17-11-3-5-12(6-4-11)22-14(9-15(21-22)16(18,19)20)10-1-7-13(8-2-10)25(23)24;/h1-9H,(H,23,24);/q;+1/p-1.